The van der Waals surface area contributed by atoms with Crippen LogP contribution in [-0.4, -0.2) is 26.1 Å². The zero-order valence-electron chi connectivity index (χ0n) is 14.3. The molecule has 26 heavy (non-hydrogen) atoms. The quantitative estimate of drug-likeness (QED) is 0.672. The van der Waals surface area contributed by atoms with Gasteiger partial charge in [0.2, 0.25) is 0 Å². The van der Waals surface area contributed by atoms with Gasteiger partial charge in [0.25, 0.3) is 0 Å². The van der Waals surface area contributed by atoms with Gasteiger partial charge < -0.3 is 14.8 Å². The van der Waals surface area contributed by atoms with Gasteiger partial charge in [-0.25, -0.2) is 0 Å². The zero-order valence-corrected chi connectivity index (χ0v) is 15.9. The van der Waals surface area contributed by atoms with Gasteiger partial charge in [-0.1, -0.05) is 23.7 Å². The minimum absolute atomic E-state index is 0.00326. The second-order valence-corrected chi connectivity index (χ2v) is 7.02. The van der Waals surface area contributed by atoms with Gasteiger partial charge in [-0.15, -0.1) is 0 Å². The number of halogens is 1. The summed E-state index contributed by atoms with van der Waals surface area (Å²) in [5.74, 6) is 0. The highest BCUT2D eigenvalue weighted by molar-refractivity contribution is 7.80. The molecule has 1 aliphatic rings. The van der Waals surface area contributed by atoms with Crippen LogP contribution in [-0.2, 0) is 0 Å². The van der Waals surface area contributed by atoms with Crippen LogP contribution >= 0.6 is 23.8 Å². The molecule has 2 atom stereocenters. The Morgan fingerprint density at radius 2 is 2.04 bits per heavy atom. The predicted molar refractivity (Wildman–Crippen MR) is 109 cm³/mol. The van der Waals surface area contributed by atoms with Crippen LogP contribution < -0.4 is 5.32 Å². The summed E-state index contributed by atoms with van der Waals surface area (Å²) in [6.07, 6.45) is 3.88. The van der Waals surface area contributed by atoms with E-state index in [2.05, 4.69) is 51.1 Å². The maximum absolute atomic E-state index is 6.21. The first-order valence-corrected chi connectivity index (χ1v) is 9.39. The largest absolute Gasteiger partial charge is 0.352 e. The number of aromatic nitrogens is 2. The molecule has 1 saturated heterocycles. The molecule has 1 aromatic carbocycles. The van der Waals surface area contributed by atoms with Crippen LogP contribution in [0.3, 0.4) is 0 Å². The zero-order chi connectivity index (χ0) is 18.1. The van der Waals surface area contributed by atoms with Crippen molar-refractivity contribution < 1.29 is 0 Å². The molecule has 6 heteroatoms. The van der Waals surface area contributed by atoms with Gasteiger partial charge in [-0.05, 0) is 61.6 Å². The molecule has 2 aromatic heterocycles. The Kier molecular flexibility index (Phi) is 4.66. The van der Waals surface area contributed by atoms with Crippen molar-refractivity contribution in [3.05, 3.63) is 83.4 Å². The van der Waals surface area contributed by atoms with E-state index < -0.39 is 0 Å². The van der Waals surface area contributed by atoms with E-state index in [1.165, 1.54) is 0 Å². The highest BCUT2D eigenvalue weighted by Crippen LogP contribution is 2.39. The lowest BCUT2D eigenvalue weighted by Gasteiger charge is -2.28. The minimum Gasteiger partial charge on any atom is -0.352 e. The second kappa shape index (κ2) is 7.09. The molecule has 0 unspecified atom stereocenters. The van der Waals surface area contributed by atoms with Crippen molar-refractivity contribution >= 4 is 28.9 Å². The van der Waals surface area contributed by atoms with E-state index in [1.807, 2.05) is 42.6 Å². The molecule has 0 saturated carbocycles. The van der Waals surface area contributed by atoms with Gasteiger partial charge in [0.15, 0.2) is 5.11 Å². The van der Waals surface area contributed by atoms with E-state index in [0.29, 0.717) is 0 Å². The fourth-order valence-corrected chi connectivity index (χ4v) is 4.12. The maximum atomic E-state index is 6.21. The molecule has 0 aliphatic carbocycles. The number of thiocarbonyl (C=S) groups is 1. The van der Waals surface area contributed by atoms with E-state index >= 15 is 0 Å². The molecule has 3 heterocycles. The van der Waals surface area contributed by atoms with Crippen molar-refractivity contribution in [3.63, 3.8) is 0 Å². The third kappa shape index (κ3) is 2.97. The molecule has 3 aromatic rings. The number of benzene rings is 1. The van der Waals surface area contributed by atoms with E-state index in [4.69, 9.17) is 23.8 Å². The number of nitrogens with zero attached hydrogens (tertiary/aromatic N) is 3. The summed E-state index contributed by atoms with van der Waals surface area (Å²) in [6, 6.07) is 18.1. The minimum atomic E-state index is -0.00326. The molecule has 0 radical (unpaired) electrons. The number of rotatable bonds is 4. The second-order valence-electron chi connectivity index (χ2n) is 6.20. The van der Waals surface area contributed by atoms with Crippen molar-refractivity contribution in [1.29, 1.82) is 0 Å². The van der Waals surface area contributed by atoms with Crippen LogP contribution in [0.4, 0.5) is 0 Å². The molecule has 1 aliphatic heterocycles. The fraction of sp³-hybridized carbons (Fsp3) is 0.200. The first kappa shape index (κ1) is 17.1. The topological polar surface area (TPSA) is 33.1 Å². The average Bonchev–Trinajstić information content (AvgIpc) is 3.26. The molecule has 0 bridgehead atoms. The average molecular weight is 383 g/mol. The number of nitrogens with one attached hydrogen (secondary N) is 1. The van der Waals surface area contributed by atoms with Gasteiger partial charge in [0.1, 0.15) is 0 Å². The summed E-state index contributed by atoms with van der Waals surface area (Å²) >= 11 is 11.8. The van der Waals surface area contributed by atoms with Gasteiger partial charge in [-0.2, -0.15) is 0 Å². The molecule has 0 spiro atoms. The summed E-state index contributed by atoms with van der Waals surface area (Å²) in [5, 5.41) is 4.93. The van der Waals surface area contributed by atoms with Crippen molar-refractivity contribution in [1.82, 2.24) is 19.8 Å². The normalized spacial score (nSPS) is 19.6. The predicted octanol–water partition coefficient (Wildman–Crippen LogP) is 4.52. The summed E-state index contributed by atoms with van der Waals surface area (Å²) in [5.41, 5.74) is 3.16. The van der Waals surface area contributed by atoms with Gasteiger partial charge in [0.05, 0.1) is 17.8 Å². The molecule has 0 amide bonds. The van der Waals surface area contributed by atoms with E-state index in [-0.39, 0.29) is 12.1 Å². The van der Waals surface area contributed by atoms with Gasteiger partial charge >= 0.3 is 0 Å². The molecule has 132 valence electrons. The van der Waals surface area contributed by atoms with Gasteiger partial charge in [0, 0.05) is 35.3 Å². The smallest absolute Gasteiger partial charge is 0.170 e. The lowest BCUT2D eigenvalue weighted by Crippen LogP contribution is -2.30. The molecule has 4 nitrogen and oxygen atoms in total. The van der Waals surface area contributed by atoms with Gasteiger partial charge in [-0.3, -0.25) is 4.98 Å². The Labute approximate surface area is 163 Å². The molecular formula is C20H19ClN4S. The van der Waals surface area contributed by atoms with Crippen LogP contribution in [0.5, 0.6) is 0 Å². The number of likely N-dealkylation sites (N-methyl/N-ethyl adjacent to an activating group) is 1. The van der Waals surface area contributed by atoms with Crippen molar-refractivity contribution in [3.8, 4) is 5.69 Å². The molecular weight excluding hydrogens is 364 g/mol. The van der Waals surface area contributed by atoms with Crippen LogP contribution in [0.1, 0.15) is 30.4 Å². The third-order valence-corrected chi connectivity index (χ3v) is 5.30. The number of pyridine rings is 1. The fourth-order valence-electron chi connectivity index (χ4n) is 3.56. The Morgan fingerprint density at radius 3 is 2.77 bits per heavy atom. The highest BCUT2D eigenvalue weighted by atomic mass is 35.5. The van der Waals surface area contributed by atoms with Crippen molar-refractivity contribution in [2.24, 2.45) is 0 Å². The molecule has 4 rings (SSSR count). The monoisotopic (exact) mass is 382 g/mol. The Morgan fingerprint density at radius 1 is 1.15 bits per heavy atom. The highest BCUT2D eigenvalue weighted by Gasteiger charge is 2.40. The Bertz CT molecular complexity index is 924. The third-order valence-electron chi connectivity index (χ3n) is 4.71. The molecule has 1 N–H and O–H groups in total. The summed E-state index contributed by atoms with van der Waals surface area (Å²) < 4.78 is 2.17. The van der Waals surface area contributed by atoms with E-state index in [9.17, 15) is 0 Å². The van der Waals surface area contributed by atoms with Crippen molar-refractivity contribution in [2.75, 3.05) is 6.54 Å². The lowest BCUT2D eigenvalue weighted by atomic mass is 10.0. The Balaban J connectivity index is 1.82. The summed E-state index contributed by atoms with van der Waals surface area (Å²) in [6.45, 7) is 2.94. The first-order valence-electron chi connectivity index (χ1n) is 8.60. The number of hydrogen-bond acceptors (Lipinski definition) is 2. The summed E-state index contributed by atoms with van der Waals surface area (Å²) in [4.78, 5) is 6.77. The summed E-state index contributed by atoms with van der Waals surface area (Å²) in [7, 11) is 0. The SMILES string of the molecule is CCN1C(=S)N[C@@H](c2ccccn2)[C@H]1c1cccn1-c1cccc(Cl)c1. The molecule has 1 fully saturated rings. The maximum Gasteiger partial charge on any atom is 0.170 e. The number of hydrogen-bond donors (Lipinski definition) is 1. The lowest BCUT2D eigenvalue weighted by molar-refractivity contribution is 0.321. The van der Waals surface area contributed by atoms with E-state index in [0.717, 1.165) is 33.8 Å². The van der Waals surface area contributed by atoms with Crippen LogP contribution in [0.2, 0.25) is 5.02 Å². The standard InChI is InChI=1S/C20H19ClN4S/c1-2-24-19(18(23-20(24)26)16-9-3-4-11-22-16)17-10-6-12-25(17)15-8-5-7-14(21)13-15/h3-13,18-19H,2H2,1H3,(H,23,26)/t18-,19+/m0/s1. The first-order chi connectivity index (χ1) is 12.7. The van der Waals surface area contributed by atoms with Crippen LogP contribution in [0.25, 0.3) is 5.69 Å². The van der Waals surface area contributed by atoms with Crippen LogP contribution in [0.15, 0.2) is 67.0 Å². The van der Waals surface area contributed by atoms with Crippen LogP contribution in [0, 0.1) is 0 Å². The Hall–Kier alpha value is -2.37. The van der Waals surface area contributed by atoms with E-state index in [1.54, 1.807) is 0 Å². The van der Waals surface area contributed by atoms with Crippen molar-refractivity contribution in [2.45, 2.75) is 19.0 Å².